The van der Waals surface area contributed by atoms with Gasteiger partial charge in [0.2, 0.25) is 0 Å². The standard InChI is InChI=1S/C21H32N2O3/c1-5-15(3)18-9-7-8-10-19(18)22-20(24)16(4)23-13-11-17(12-14-23)21(25)26-6-2/h7-10,15-17H,5-6,11-14H2,1-4H3,(H,22,24)/p+1/t15-,16+/m0/s1. The molecule has 5 nitrogen and oxygen atoms in total. The van der Waals surface area contributed by atoms with Gasteiger partial charge in [-0.2, -0.15) is 0 Å². The van der Waals surface area contributed by atoms with Gasteiger partial charge in [-0.05, 0) is 37.8 Å². The molecule has 1 aromatic rings. The molecular weight excluding hydrogens is 328 g/mol. The average Bonchev–Trinajstić information content (AvgIpc) is 2.67. The summed E-state index contributed by atoms with van der Waals surface area (Å²) in [5.41, 5.74) is 2.10. The Morgan fingerprint density at radius 3 is 2.46 bits per heavy atom. The molecular formula is C21H33N2O3+. The average molecular weight is 362 g/mol. The number of hydrogen-bond acceptors (Lipinski definition) is 3. The van der Waals surface area contributed by atoms with Gasteiger partial charge < -0.3 is 15.0 Å². The fourth-order valence-corrected chi connectivity index (χ4v) is 3.60. The van der Waals surface area contributed by atoms with Gasteiger partial charge in [0.1, 0.15) is 0 Å². The van der Waals surface area contributed by atoms with Crippen LogP contribution in [0.1, 0.15) is 58.4 Å². The van der Waals surface area contributed by atoms with E-state index in [0.29, 0.717) is 12.5 Å². The van der Waals surface area contributed by atoms with Gasteiger partial charge in [-0.3, -0.25) is 9.59 Å². The molecule has 1 fully saturated rings. The first-order chi connectivity index (χ1) is 12.5. The second kappa shape index (κ2) is 9.72. The van der Waals surface area contributed by atoms with Crippen LogP contribution in [0.25, 0.3) is 0 Å². The number of amides is 1. The highest BCUT2D eigenvalue weighted by atomic mass is 16.5. The number of esters is 1. The number of ether oxygens (including phenoxy) is 1. The monoisotopic (exact) mass is 361 g/mol. The van der Waals surface area contributed by atoms with Gasteiger partial charge in [-0.15, -0.1) is 0 Å². The number of quaternary nitrogens is 1. The van der Waals surface area contributed by atoms with Crippen LogP contribution in [0.2, 0.25) is 0 Å². The van der Waals surface area contributed by atoms with Crippen LogP contribution in [-0.2, 0) is 14.3 Å². The quantitative estimate of drug-likeness (QED) is 0.733. The lowest BCUT2D eigenvalue weighted by molar-refractivity contribution is -0.919. The second-order valence-corrected chi connectivity index (χ2v) is 7.29. The second-order valence-electron chi connectivity index (χ2n) is 7.29. The molecule has 26 heavy (non-hydrogen) atoms. The molecule has 0 aliphatic carbocycles. The molecule has 0 unspecified atom stereocenters. The molecule has 1 aromatic carbocycles. The molecule has 2 N–H and O–H groups in total. The van der Waals surface area contributed by atoms with Crippen LogP contribution in [0, 0.1) is 5.92 Å². The summed E-state index contributed by atoms with van der Waals surface area (Å²) >= 11 is 0. The number of hydrogen-bond donors (Lipinski definition) is 2. The lowest BCUT2D eigenvalue weighted by atomic mass is 9.95. The van der Waals surface area contributed by atoms with Crippen LogP contribution in [0.15, 0.2) is 24.3 Å². The summed E-state index contributed by atoms with van der Waals surface area (Å²) in [4.78, 5) is 25.9. The Kier molecular flexibility index (Phi) is 7.64. The highest BCUT2D eigenvalue weighted by Crippen LogP contribution is 2.26. The molecule has 0 spiro atoms. The molecule has 0 bridgehead atoms. The fourth-order valence-electron chi connectivity index (χ4n) is 3.60. The zero-order valence-electron chi connectivity index (χ0n) is 16.5. The molecule has 2 atom stereocenters. The topological polar surface area (TPSA) is 59.8 Å². The van der Waals surface area contributed by atoms with Crippen LogP contribution in [0.5, 0.6) is 0 Å². The van der Waals surface area contributed by atoms with Crippen molar-refractivity contribution in [3.05, 3.63) is 29.8 Å². The highest BCUT2D eigenvalue weighted by Gasteiger charge is 2.33. The van der Waals surface area contributed by atoms with Gasteiger partial charge in [0.05, 0.1) is 25.6 Å². The molecule has 5 heteroatoms. The van der Waals surface area contributed by atoms with Crippen molar-refractivity contribution >= 4 is 17.6 Å². The van der Waals surface area contributed by atoms with E-state index < -0.39 is 0 Å². The van der Waals surface area contributed by atoms with Crippen molar-refractivity contribution in [2.75, 3.05) is 25.0 Å². The predicted octanol–water partition coefficient (Wildman–Crippen LogP) is 2.39. The van der Waals surface area contributed by atoms with Crippen LogP contribution in [0.3, 0.4) is 0 Å². The molecule has 1 aliphatic heterocycles. The van der Waals surface area contributed by atoms with Crippen LogP contribution >= 0.6 is 0 Å². The van der Waals surface area contributed by atoms with Crippen LogP contribution in [-0.4, -0.2) is 37.6 Å². The Hall–Kier alpha value is -1.88. The summed E-state index contributed by atoms with van der Waals surface area (Å²) < 4.78 is 5.12. The van der Waals surface area contributed by atoms with E-state index in [-0.39, 0.29) is 23.8 Å². The van der Waals surface area contributed by atoms with Crippen molar-refractivity contribution in [3.8, 4) is 0 Å². The minimum atomic E-state index is -0.136. The van der Waals surface area contributed by atoms with Crippen molar-refractivity contribution < 1.29 is 19.2 Å². The maximum absolute atomic E-state index is 12.8. The van der Waals surface area contributed by atoms with E-state index in [9.17, 15) is 9.59 Å². The summed E-state index contributed by atoms with van der Waals surface area (Å²) in [6.07, 6.45) is 2.61. The summed E-state index contributed by atoms with van der Waals surface area (Å²) in [6.45, 7) is 10.2. The number of nitrogens with one attached hydrogen (secondary N) is 2. The van der Waals surface area contributed by atoms with Crippen molar-refractivity contribution in [1.29, 1.82) is 0 Å². The zero-order chi connectivity index (χ0) is 19.1. The molecule has 1 saturated heterocycles. The number of rotatable bonds is 7. The number of carbonyl (C=O) groups is 2. The van der Waals surface area contributed by atoms with Gasteiger partial charge >= 0.3 is 5.97 Å². The number of likely N-dealkylation sites (tertiary alicyclic amines) is 1. The van der Waals surface area contributed by atoms with Gasteiger partial charge in [-0.25, -0.2) is 0 Å². The van der Waals surface area contributed by atoms with Gasteiger partial charge in [0, 0.05) is 18.5 Å². The van der Waals surface area contributed by atoms with Gasteiger partial charge in [0.15, 0.2) is 6.04 Å². The smallest absolute Gasteiger partial charge is 0.309 e. The van der Waals surface area contributed by atoms with Crippen molar-refractivity contribution in [1.82, 2.24) is 0 Å². The van der Waals surface area contributed by atoms with E-state index in [1.54, 1.807) is 0 Å². The van der Waals surface area contributed by atoms with E-state index >= 15 is 0 Å². The Balaban J connectivity index is 1.94. The number of anilines is 1. The normalized spacial score (nSPS) is 22.3. The van der Waals surface area contributed by atoms with E-state index in [1.165, 1.54) is 10.5 Å². The first-order valence-corrected chi connectivity index (χ1v) is 9.88. The Morgan fingerprint density at radius 1 is 1.19 bits per heavy atom. The molecule has 1 aliphatic rings. The summed E-state index contributed by atoms with van der Waals surface area (Å²) in [6, 6.07) is 7.92. The number of benzene rings is 1. The van der Waals surface area contributed by atoms with E-state index in [1.807, 2.05) is 32.0 Å². The SMILES string of the molecule is CCOC(=O)C1CC[NH+]([C@H](C)C(=O)Nc2ccccc2[C@@H](C)CC)CC1. The molecule has 0 radical (unpaired) electrons. The minimum absolute atomic E-state index is 0.0138. The third kappa shape index (κ3) is 5.07. The summed E-state index contributed by atoms with van der Waals surface area (Å²) in [7, 11) is 0. The summed E-state index contributed by atoms with van der Waals surface area (Å²) in [5.74, 6) is 0.353. The van der Waals surface area contributed by atoms with Crippen LogP contribution in [0.4, 0.5) is 5.69 Å². The molecule has 2 rings (SSSR count). The number of piperidine rings is 1. The molecule has 0 aromatic heterocycles. The Morgan fingerprint density at radius 2 is 1.85 bits per heavy atom. The van der Waals surface area contributed by atoms with Crippen LogP contribution < -0.4 is 10.2 Å². The minimum Gasteiger partial charge on any atom is -0.466 e. The number of carbonyl (C=O) groups excluding carboxylic acids is 2. The maximum Gasteiger partial charge on any atom is 0.309 e. The third-order valence-corrected chi connectivity index (χ3v) is 5.62. The maximum atomic E-state index is 12.8. The molecule has 1 heterocycles. The lowest BCUT2D eigenvalue weighted by Gasteiger charge is -2.31. The van der Waals surface area contributed by atoms with Gasteiger partial charge in [-0.1, -0.05) is 32.0 Å². The van der Waals surface area contributed by atoms with Crippen molar-refractivity contribution in [2.24, 2.45) is 5.92 Å². The fraction of sp³-hybridized carbons (Fsp3) is 0.619. The Labute approximate surface area is 157 Å². The van der Waals surface area contributed by atoms with Crippen molar-refractivity contribution in [3.63, 3.8) is 0 Å². The molecule has 1 amide bonds. The predicted molar refractivity (Wildman–Crippen MR) is 103 cm³/mol. The van der Waals surface area contributed by atoms with Gasteiger partial charge in [0.25, 0.3) is 5.91 Å². The Bertz CT molecular complexity index is 609. The number of para-hydroxylation sites is 1. The molecule has 0 saturated carbocycles. The summed E-state index contributed by atoms with van der Waals surface area (Å²) in [5, 5.41) is 3.13. The van der Waals surface area contributed by atoms with E-state index in [0.717, 1.165) is 38.0 Å². The highest BCUT2D eigenvalue weighted by molar-refractivity contribution is 5.94. The first kappa shape index (κ1) is 20.4. The van der Waals surface area contributed by atoms with E-state index in [2.05, 4.69) is 25.2 Å². The third-order valence-electron chi connectivity index (χ3n) is 5.62. The molecule has 144 valence electrons. The van der Waals surface area contributed by atoms with E-state index in [4.69, 9.17) is 4.74 Å². The lowest BCUT2D eigenvalue weighted by Crippen LogP contribution is -3.17. The largest absolute Gasteiger partial charge is 0.466 e. The van der Waals surface area contributed by atoms with Crippen molar-refractivity contribution in [2.45, 2.75) is 58.9 Å². The first-order valence-electron chi connectivity index (χ1n) is 9.88. The zero-order valence-corrected chi connectivity index (χ0v) is 16.5.